The van der Waals surface area contributed by atoms with Crippen molar-refractivity contribution in [3.05, 3.63) is 85.0 Å². The zero-order valence-corrected chi connectivity index (χ0v) is 72.0. The average molecular weight is 1590 g/mol. The monoisotopic (exact) mass is 1580 g/mol. The topological polar surface area (TPSA) is 335 Å². The SMILES string of the molecule is C=CCCNC(=O)[C@@H]1CCCN(C(=O)[C@H](Cc2cccc(O[Si](C)(C)C(C)(C)C)c2)NC(=O)[C@@H](NC(=O)OC(C)(C)C)C(C)C)N1.C=CCCNCl.CC(C)[C@H](NC(=O)OC(C)(C)C)C(=O)N[C@@H](Cc1cccc(O[Si](C)(C)C(C)(C)C)c1)C(=O)N1CCC[C@@H](C(=O)OCC(Cl)(Cl)Cl)N1.O=CO[O-].[Na+]. The molecule has 0 saturated carbocycles. The molecule has 8 N–H and O–H groups in total. The molecule has 2 aromatic carbocycles. The van der Waals surface area contributed by atoms with Gasteiger partial charge in [0.1, 0.15) is 65.6 Å². The van der Waals surface area contributed by atoms with Crippen molar-refractivity contribution in [2.24, 2.45) is 11.8 Å². The van der Waals surface area contributed by atoms with Gasteiger partial charge >= 0.3 is 47.7 Å². The normalized spacial score (nSPS) is 16.1. The summed E-state index contributed by atoms with van der Waals surface area (Å²) < 4.78 is 27.1. The van der Waals surface area contributed by atoms with E-state index in [0.717, 1.165) is 24.1 Å². The number of hydrogen-bond acceptors (Lipinski definition) is 19. The second-order valence-electron chi connectivity index (χ2n) is 30.7. The van der Waals surface area contributed by atoms with Gasteiger partial charge in [0.25, 0.3) is 18.3 Å². The average Bonchev–Trinajstić information content (AvgIpc) is 0.830. The molecule has 2 aromatic rings. The van der Waals surface area contributed by atoms with Gasteiger partial charge in [0.05, 0.1) is 0 Å². The van der Waals surface area contributed by atoms with E-state index in [2.05, 4.69) is 128 Å². The van der Waals surface area contributed by atoms with Crippen LogP contribution < -0.4 is 85.9 Å². The number of nitrogens with zero attached hydrogens (tertiary/aromatic N) is 2. The van der Waals surface area contributed by atoms with Gasteiger partial charge in [0, 0.05) is 39.0 Å². The number of esters is 1. The van der Waals surface area contributed by atoms with E-state index in [4.69, 9.17) is 79.7 Å². The van der Waals surface area contributed by atoms with Crippen molar-refractivity contribution in [3.8, 4) is 11.5 Å². The van der Waals surface area contributed by atoms with Gasteiger partial charge in [0.2, 0.25) is 38.1 Å². The van der Waals surface area contributed by atoms with Crippen LogP contribution in [0.15, 0.2) is 73.8 Å². The minimum Gasteiger partial charge on any atom is -0.662 e. The Balaban J connectivity index is 0.00000179. The number of alkyl carbamates (subject to hydrolysis) is 2. The van der Waals surface area contributed by atoms with E-state index < -0.39 is 110 Å². The smallest absolute Gasteiger partial charge is 0.662 e. The van der Waals surface area contributed by atoms with Crippen LogP contribution in [-0.2, 0) is 65.5 Å². The van der Waals surface area contributed by atoms with Crippen molar-refractivity contribution < 1.29 is 106 Å². The first-order valence-corrected chi connectivity index (χ1v) is 41.9. The van der Waals surface area contributed by atoms with E-state index in [0.29, 0.717) is 56.7 Å². The summed E-state index contributed by atoms with van der Waals surface area (Å²) in [6.45, 7) is 47.6. The molecule has 0 radical (unpaired) electrons. The molecule has 2 fully saturated rings. The Labute approximate surface area is 661 Å². The molecule has 0 spiro atoms. The Hall–Kier alpha value is -5.22. The van der Waals surface area contributed by atoms with Gasteiger partial charge in [-0.05, 0) is 175 Å². The number of hydrazine groups is 2. The van der Waals surface area contributed by atoms with Gasteiger partial charge in [-0.15, -0.1) is 13.2 Å². The fourth-order valence-corrected chi connectivity index (χ4v) is 11.5. The minimum absolute atomic E-state index is 0. The van der Waals surface area contributed by atoms with Crippen molar-refractivity contribution in [2.45, 2.75) is 250 Å². The molecule has 2 aliphatic heterocycles. The van der Waals surface area contributed by atoms with Crippen LogP contribution in [-0.4, -0.2) is 165 Å². The first kappa shape index (κ1) is 98.8. The van der Waals surface area contributed by atoms with Gasteiger partial charge < -0.3 is 59.8 Å². The van der Waals surface area contributed by atoms with Crippen molar-refractivity contribution in [1.82, 2.24) is 52.3 Å². The van der Waals surface area contributed by atoms with Gasteiger partial charge in [-0.25, -0.2) is 25.3 Å². The Morgan fingerprint density at radius 2 is 1.00 bits per heavy atom. The third kappa shape index (κ3) is 38.5. The zero-order valence-electron chi connectivity index (χ0n) is 65.0. The van der Waals surface area contributed by atoms with Crippen LogP contribution in [0, 0.1) is 11.8 Å². The minimum atomic E-state index is -2.16. The standard InChI is InChI=1S/C34H57N5O6Si.C32H51Cl3N4O7Si.C4H8ClN.CH2O3.Na/c1-12-13-19-35-29(40)26-18-15-20-39(38-26)31(42)27(36-30(41)28(23(2)3)37-32(43)44-33(4,5)6)22-24-16-14-17-25(21-24)45-46(10,11)34(7,8)9;1-20(2)25(37-29(43)45-30(3,4)5)26(40)36-24(18-21-13-11-14-22(17-21)46-47(9,10)31(6,7)8)27(41)39-16-12-15-23(38-39)28(42)44-19-32(33,34)35;1-2-3-4-6-5;2-1-4-3;/h12,14,16-17,21,23,26-28,38H,1,13,15,18-20,22H2,2-11H3,(H,35,40)(H,36,41)(H,37,43);11,13-14,17,20,23-25,38H,12,15-16,18-19H2,1-10H3,(H,36,40)(H,37,43);2,6H,1,3-4H2;1,3H;/q;;;;+1/p-1/t26-,27-,28-;23-,24-,25-;;;/m00.../s1. The summed E-state index contributed by atoms with van der Waals surface area (Å²) in [5, 5.41) is 25.1. The van der Waals surface area contributed by atoms with E-state index >= 15 is 0 Å². The molecule has 33 heteroatoms. The summed E-state index contributed by atoms with van der Waals surface area (Å²) in [4.78, 5) is 120. The van der Waals surface area contributed by atoms with Crippen LogP contribution in [0.5, 0.6) is 11.5 Å². The molecule has 2 saturated heterocycles. The molecule has 7 amide bonds. The van der Waals surface area contributed by atoms with Crippen LogP contribution in [0.1, 0.15) is 160 Å². The maximum Gasteiger partial charge on any atom is 1.00 e. The number of carbonyl (C=O) groups is 9. The summed E-state index contributed by atoms with van der Waals surface area (Å²) in [7, 11) is -4.28. The number of halogens is 4. The number of carbonyl (C=O) groups excluding carboxylic acids is 9. The molecule has 6 atom stereocenters. The maximum atomic E-state index is 14.1. The number of hydrogen-bond donors (Lipinski definition) is 8. The third-order valence-corrected chi connectivity index (χ3v) is 25.8. The summed E-state index contributed by atoms with van der Waals surface area (Å²) in [5.41, 5.74) is 6.02. The Morgan fingerprint density at radius 1 is 0.625 bits per heavy atom. The van der Waals surface area contributed by atoms with E-state index in [1.54, 1.807) is 61.5 Å². The number of benzene rings is 2. The largest absolute Gasteiger partial charge is 1.00 e. The molecule has 26 nitrogen and oxygen atoms in total. The van der Waals surface area contributed by atoms with Gasteiger partial charge in [-0.3, -0.25) is 43.6 Å². The summed E-state index contributed by atoms with van der Waals surface area (Å²) >= 11 is 22.3. The predicted octanol–water partition coefficient (Wildman–Crippen LogP) is 7.64. The van der Waals surface area contributed by atoms with Gasteiger partial charge in [-0.2, -0.15) is 0 Å². The Bertz CT molecular complexity index is 3070. The third-order valence-electron chi connectivity index (χ3n) is 16.5. The molecule has 0 aliphatic carbocycles. The van der Waals surface area contributed by atoms with E-state index in [1.807, 2.05) is 68.5 Å². The second-order valence-corrected chi connectivity index (χ2v) is 42.9. The van der Waals surface area contributed by atoms with Crippen LogP contribution >= 0.6 is 46.6 Å². The number of ether oxygens (including phenoxy) is 3. The molecule has 4 rings (SSSR count). The Morgan fingerprint density at radius 3 is 1.33 bits per heavy atom. The summed E-state index contributed by atoms with van der Waals surface area (Å²) in [6.07, 6.45) is 5.99. The van der Waals surface area contributed by atoms with E-state index in [-0.39, 0.29) is 89.1 Å². The number of nitrogens with one attached hydrogen (secondary N) is 8. The summed E-state index contributed by atoms with van der Waals surface area (Å²) in [6, 6.07) is 9.56. The van der Waals surface area contributed by atoms with Crippen LogP contribution in [0.2, 0.25) is 36.3 Å². The van der Waals surface area contributed by atoms with E-state index in [1.165, 1.54) is 10.0 Å². The van der Waals surface area contributed by atoms with Crippen molar-refractivity contribution in [2.75, 3.05) is 32.8 Å². The number of amides is 7. The molecule has 0 unspecified atom stereocenters. The molecule has 0 aromatic heterocycles. The fourth-order valence-electron chi connectivity index (χ4n) is 9.16. The molecule has 104 heavy (non-hydrogen) atoms. The molecule has 584 valence electrons. The predicted molar refractivity (Wildman–Crippen MR) is 406 cm³/mol. The van der Waals surface area contributed by atoms with Crippen LogP contribution in [0.4, 0.5) is 9.59 Å². The quantitative estimate of drug-likeness (QED) is 0.00387. The van der Waals surface area contributed by atoms with Crippen LogP contribution in [0.25, 0.3) is 0 Å². The molecule has 2 heterocycles. The van der Waals surface area contributed by atoms with Crippen molar-refractivity contribution in [1.29, 1.82) is 0 Å². The Kier molecular flexibility index (Phi) is 43.9. The molecular weight excluding hydrogens is 1470 g/mol. The first-order chi connectivity index (χ1) is 47.4. The number of rotatable bonds is 28. The second kappa shape index (κ2) is 46.2. The van der Waals surface area contributed by atoms with Crippen molar-refractivity contribution >= 4 is 117 Å². The van der Waals surface area contributed by atoms with Gasteiger partial charge in [0.15, 0.2) is 0 Å². The van der Waals surface area contributed by atoms with E-state index in [9.17, 15) is 38.4 Å². The molecule has 0 bridgehead atoms. The fraction of sp³-hybridized carbons (Fsp3) is 0.648. The maximum absolute atomic E-state index is 14.1. The first-order valence-electron chi connectivity index (χ1n) is 34.5. The van der Waals surface area contributed by atoms with Gasteiger partial charge in [-0.1, -0.05) is 140 Å². The summed E-state index contributed by atoms with van der Waals surface area (Å²) in [5.74, 6) is -2.04. The zero-order chi connectivity index (χ0) is 79.1. The molecule has 2 aliphatic rings. The number of alkyl halides is 3. The van der Waals surface area contributed by atoms with Crippen LogP contribution in [0.3, 0.4) is 0 Å². The van der Waals surface area contributed by atoms with Crippen molar-refractivity contribution in [3.63, 3.8) is 0 Å². The molecular formula is C71H117Cl4N10NaO16Si2.